The van der Waals surface area contributed by atoms with Crippen molar-refractivity contribution in [2.24, 2.45) is 0 Å². The van der Waals surface area contributed by atoms with Crippen molar-refractivity contribution in [2.75, 3.05) is 19.5 Å². The predicted molar refractivity (Wildman–Crippen MR) is 101 cm³/mol. The zero-order valence-corrected chi connectivity index (χ0v) is 16.4. The average Bonchev–Trinajstić information content (AvgIpc) is 3.15. The molecule has 156 valence electrons. The van der Waals surface area contributed by atoms with E-state index in [1.807, 2.05) is 0 Å². The molecule has 2 aromatic rings. The summed E-state index contributed by atoms with van der Waals surface area (Å²) in [4.78, 5) is 35.9. The molecular formula is C18H19F2N3O5S. The third kappa shape index (κ3) is 6.56. The molecule has 2 rings (SSSR count). The van der Waals surface area contributed by atoms with E-state index in [2.05, 4.69) is 19.9 Å². The molecule has 0 saturated carbocycles. The van der Waals surface area contributed by atoms with Crippen molar-refractivity contribution < 1.29 is 32.6 Å². The molecule has 1 aromatic carbocycles. The van der Waals surface area contributed by atoms with Crippen molar-refractivity contribution in [3.05, 3.63) is 42.2 Å². The van der Waals surface area contributed by atoms with Gasteiger partial charge in [-0.2, -0.15) is 13.9 Å². The van der Waals surface area contributed by atoms with Crippen molar-refractivity contribution in [1.82, 2.24) is 9.78 Å². The first-order valence-electron chi connectivity index (χ1n) is 8.37. The number of rotatable bonds is 9. The van der Waals surface area contributed by atoms with Crippen LogP contribution in [0.3, 0.4) is 0 Å². The number of thioether (sulfide) groups is 1. The fourth-order valence-corrected chi connectivity index (χ4v) is 3.10. The third-order valence-electron chi connectivity index (χ3n) is 3.84. The fraction of sp³-hybridized carbons (Fsp3) is 0.333. The Kier molecular flexibility index (Phi) is 8.13. The molecule has 11 heteroatoms. The van der Waals surface area contributed by atoms with Crippen LogP contribution in [0, 0.1) is 0 Å². The molecule has 29 heavy (non-hydrogen) atoms. The number of carbonyl (C=O) groups is 3. The van der Waals surface area contributed by atoms with Crippen molar-refractivity contribution in [2.45, 2.75) is 29.5 Å². The molecule has 0 aliphatic carbocycles. The molecular weight excluding hydrogens is 408 g/mol. The quantitative estimate of drug-likeness (QED) is 0.485. The highest BCUT2D eigenvalue weighted by Crippen LogP contribution is 2.29. The Morgan fingerprint density at radius 2 is 1.76 bits per heavy atom. The standard InChI is InChI=1S/C18H19F2N3O5S/c1-27-15(24)7-12(8-16(25)28-2)23-10-11(9-21-23)22-17(26)13-5-3-4-6-14(13)29-18(19)20/h3-6,9-10,12,18H,7-8H2,1-2H3,(H,22,26). The van der Waals surface area contributed by atoms with E-state index in [9.17, 15) is 23.2 Å². The van der Waals surface area contributed by atoms with Crippen LogP contribution in [0.4, 0.5) is 14.5 Å². The van der Waals surface area contributed by atoms with Gasteiger partial charge in [0.25, 0.3) is 11.7 Å². The van der Waals surface area contributed by atoms with Crippen LogP contribution in [0.1, 0.15) is 29.2 Å². The fourth-order valence-electron chi connectivity index (χ4n) is 2.46. The number of hydrogen-bond acceptors (Lipinski definition) is 7. The second kappa shape index (κ2) is 10.6. The lowest BCUT2D eigenvalue weighted by molar-refractivity contribution is -0.144. The van der Waals surface area contributed by atoms with Crippen molar-refractivity contribution in [3.8, 4) is 0 Å². The summed E-state index contributed by atoms with van der Waals surface area (Å²) in [7, 11) is 2.45. The molecule has 0 spiro atoms. The van der Waals surface area contributed by atoms with E-state index < -0.39 is 29.6 Å². The number of aromatic nitrogens is 2. The smallest absolute Gasteiger partial charge is 0.307 e. The Bertz CT molecular complexity index is 857. The van der Waals surface area contributed by atoms with E-state index in [-0.39, 0.29) is 40.7 Å². The van der Waals surface area contributed by atoms with Gasteiger partial charge in [-0.05, 0) is 12.1 Å². The number of halogens is 2. The maximum absolute atomic E-state index is 12.7. The highest BCUT2D eigenvalue weighted by molar-refractivity contribution is 7.99. The minimum Gasteiger partial charge on any atom is -0.469 e. The number of benzene rings is 1. The van der Waals surface area contributed by atoms with E-state index in [0.717, 1.165) is 0 Å². The minimum absolute atomic E-state index is 0.0891. The molecule has 1 N–H and O–H groups in total. The second-order valence-corrected chi connectivity index (χ2v) is 6.78. The van der Waals surface area contributed by atoms with Gasteiger partial charge in [0.05, 0.1) is 50.6 Å². The van der Waals surface area contributed by atoms with Crippen molar-refractivity contribution >= 4 is 35.3 Å². The summed E-state index contributed by atoms with van der Waals surface area (Å²) in [6, 6.07) is 5.31. The number of ether oxygens (including phenoxy) is 2. The van der Waals surface area contributed by atoms with Gasteiger partial charge < -0.3 is 14.8 Å². The summed E-state index contributed by atoms with van der Waals surface area (Å²) < 4.78 is 36.0. The van der Waals surface area contributed by atoms with Gasteiger partial charge in [0.2, 0.25) is 0 Å². The first-order chi connectivity index (χ1) is 13.8. The summed E-state index contributed by atoms with van der Waals surface area (Å²) in [6.07, 6.45) is 2.49. The van der Waals surface area contributed by atoms with E-state index in [1.54, 1.807) is 12.1 Å². The topological polar surface area (TPSA) is 99.5 Å². The van der Waals surface area contributed by atoms with E-state index in [0.29, 0.717) is 0 Å². The molecule has 8 nitrogen and oxygen atoms in total. The van der Waals surface area contributed by atoms with Crippen LogP contribution in [-0.2, 0) is 19.1 Å². The van der Waals surface area contributed by atoms with Gasteiger partial charge in [-0.15, -0.1) is 0 Å². The Hall–Kier alpha value is -2.95. The number of amides is 1. The number of nitrogens with one attached hydrogen (secondary N) is 1. The highest BCUT2D eigenvalue weighted by atomic mass is 32.2. The van der Waals surface area contributed by atoms with E-state index in [4.69, 9.17) is 0 Å². The van der Waals surface area contributed by atoms with Crippen LogP contribution >= 0.6 is 11.8 Å². The number of anilines is 1. The van der Waals surface area contributed by atoms with Gasteiger partial charge in [0, 0.05) is 11.1 Å². The van der Waals surface area contributed by atoms with Gasteiger partial charge >= 0.3 is 11.9 Å². The monoisotopic (exact) mass is 427 g/mol. The Morgan fingerprint density at radius 1 is 1.14 bits per heavy atom. The SMILES string of the molecule is COC(=O)CC(CC(=O)OC)n1cc(NC(=O)c2ccccc2SC(F)F)cn1. The Morgan fingerprint density at radius 3 is 2.34 bits per heavy atom. The van der Waals surface area contributed by atoms with Crippen LogP contribution in [-0.4, -0.2) is 47.6 Å². The first kappa shape index (κ1) is 22.3. The molecule has 0 aliphatic heterocycles. The van der Waals surface area contributed by atoms with Crippen LogP contribution in [0.2, 0.25) is 0 Å². The number of methoxy groups -OCH3 is 2. The third-order valence-corrected chi connectivity index (χ3v) is 4.63. The highest BCUT2D eigenvalue weighted by Gasteiger charge is 2.22. The van der Waals surface area contributed by atoms with Crippen molar-refractivity contribution in [1.29, 1.82) is 0 Å². The molecule has 0 atom stereocenters. The molecule has 1 heterocycles. The molecule has 0 radical (unpaired) electrons. The van der Waals surface area contributed by atoms with Gasteiger partial charge in [-0.3, -0.25) is 19.1 Å². The van der Waals surface area contributed by atoms with Crippen LogP contribution in [0.15, 0.2) is 41.6 Å². The van der Waals surface area contributed by atoms with Crippen molar-refractivity contribution in [3.63, 3.8) is 0 Å². The van der Waals surface area contributed by atoms with Gasteiger partial charge in [0.15, 0.2) is 0 Å². The first-order valence-corrected chi connectivity index (χ1v) is 9.25. The number of alkyl halides is 2. The number of carbonyl (C=O) groups excluding carboxylic acids is 3. The number of hydrogen-bond donors (Lipinski definition) is 1. The zero-order valence-electron chi connectivity index (χ0n) is 15.6. The molecule has 0 saturated heterocycles. The van der Waals surface area contributed by atoms with Gasteiger partial charge in [-0.25, -0.2) is 0 Å². The molecule has 0 bridgehead atoms. The van der Waals surface area contributed by atoms with E-state index >= 15 is 0 Å². The summed E-state index contributed by atoms with van der Waals surface area (Å²) >= 11 is 0.275. The van der Waals surface area contributed by atoms with E-state index in [1.165, 1.54) is 43.4 Å². The maximum Gasteiger partial charge on any atom is 0.307 e. The molecule has 0 aliphatic rings. The maximum atomic E-state index is 12.7. The second-order valence-electron chi connectivity index (χ2n) is 5.75. The van der Waals surface area contributed by atoms with Crippen LogP contribution in [0.25, 0.3) is 0 Å². The predicted octanol–water partition coefficient (Wildman–Crippen LogP) is 3.12. The zero-order chi connectivity index (χ0) is 21.4. The largest absolute Gasteiger partial charge is 0.469 e. The van der Waals surface area contributed by atoms with Crippen LogP contribution in [0.5, 0.6) is 0 Å². The lowest BCUT2D eigenvalue weighted by Crippen LogP contribution is -2.19. The molecule has 1 aromatic heterocycles. The summed E-state index contributed by atoms with van der Waals surface area (Å²) in [5, 5.41) is 6.64. The molecule has 0 fully saturated rings. The number of esters is 2. The number of nitrogens with zero attached hydrogens (tertiary/aromatic N) is 2. The normalized spacial score (nSPS) is 10.8. The Balaban J connectivity index is 2.16. The summed E-state index contributed by atoms with van der Waals surface area (Å²) in [6.45, 7) is 0. The van der Waals surface area contributed by atoms with Gasteiger partial charge in [-0.1, -0.05) is 23.9 Å². The summed E-state index contributed by atoms with van der Waals surface area (Å²) in [5.41, 5.74) is 0.359. The lowest BCUT2D eigenvalue weighted by atomic mass is 10.1. The van der Waals surface area contributed by atoms with Crippen LogP contribution < -0.4 is 5.32 Å². The molecule has 0 unspecified atom stereocenters. The lowest BCUT2D eigenvalue weighted by Gasteiger charge is -2.15. The average molecular weight is 427 g/mol. The Labute approximate surface area is 169 Å². The van der Waals surface area contributed by atoms with Gasteiger partial charge in [0.1, 0.15) is 0 Å². The molecule has 1 amide bonds. The minimum atomic E-state index is -2.66. The summed E-state index contributed by atoms with van der Waals surface area (Å²) in [5.74, 6) is -4.34.